The number of halogens is 4. The van der Waals surface area contributed by atoms with Gasteiger partial charge in [0.25, 0.3) is 0 Å². The Hall–Kier alpha value is -1.26. The molecular weight excluding hydrogens is 294 g/mol. The summed E-state index contributed by atoms with van der Waals surface area (Å²) in [5, 5.41) is 4.02. The molecule has 0 aliphatic heterocycles. The molecule has 6 nitrogen and oxygen atoms in total. The van der Waals surface area contributed by atoms with Crippen LogP contribution in [0.1, 0.15) is 25.7 Å². The minimum Gasteiger partial charge on any atom is -0.373 e. The standard InChI is InChI=1S/C11H19F4N5O/c1-7(2)20-9(17-6-18-20)3-8(19-16)4-21-5-11(14,15)10(12)13/h6-8,10,19H,3-5,16H2,1-2H3. The highest BCUT2D eigenvalue weighted by Gasteiger charge is 2.41. The fourth-order valence-corrected chi connectivity index (χ4v) is 1.64. The van der Waals surface area contributed by atoms with E-state index >= 15 is 0 Å². The summed E-state index contributed by atoms with van der Waals surface area (Å²) in [4.78, 5) is 4.04. The van der Waals surface area contributed by atoms with Crippen molar-refractivity contribution in [2.45, 2.75) is 44.7 Å². The van der Waals surface area contributed by atoms with Crippen LogP contribution in [0.4, 0.5) is 17.6 Å². The number of nitrogens with one attached hydrogen (secondary N) is 1. The van der Waals surface area contributed by atoms with Crippen LogP contribution in [0.25, 0.3) is 0 Å². The zero-order valence-electron chi connectivity index (χ0n) is 11.8. The molecule has 0 bridgehead atoms. The number of rotatable bonds is 9. The molecule has 0 saturated carbocycles. The van der Waals surface area contributed by atoms with E-state index in [9.17, 15) is 17.6 Å². The van der Waals surface area contributed by atoms with E-state index in [2.05, 4.69) is 20.2 Å². The molecule has 0 radical (unpaired) electrons. The maximum atomic E-state index is 12.7. The third-order valence-corrected chi connectivity index (χ3v) is 2.73. The van der Waals surface area contributed by atoms with Crippen molar-refractivity contribution in [3.63, 3.8) is 0 Å². The van der Waals surface area contributed by atoms with Crippen molar-refractivity contribution in [1.82, 2.24) is 20.2 Å². The number of hydrazine groups is 1. The number of nitrogens with zero attached hydrogens (tertiary/aromatic N) is 3. The largest absolute Gasteiger partial charge is 0.373 e. The molecule has 3 N–H and O–H groups in total. The summed E-state index contributed by atoms with van der Waals surface area (Å²) >= 11 is 0. The zero-order valence-corrected chi connectivity index (χ0v) is 11.8. The van der Waals surface area contributed by atoms with E-state index in [0.29, 0.717) is 5.82 Å². The van der Waals surface area contributed by atoms with Crippen molar-refractivity contribution in [2.75, 3.05) is 13.2 Å². The molecule has 122 valence electrons. The molecule has 1 heterocycles. The van der Waals surface area contributed by atoms with Crippen molar-refractivity contribution in [3.05, 3.63) is 12.2 Å². The Bertz CT molecular complexity index is 427. The van der Waals surface area contributed by atoms with Crippen molar-refractivity contribution in [2.24, 2.45) is 5.84 Å². The third kappa shape index (κ3) is 5.21. The molecule has 1 aromatic rings. The Morgan fingerprint density at radius 1 is 1.43 bits per heavy atom. The Labute approximate surface area is 119 Å². The predicted molar refractivity (Wildman–Crippen MR) is 67.0 cm³/mol. The summed E-state index contributed by atoms with van der Waals surface area (Å²) in [6.07, 6.45) is -2.12. The van der Waals surface area contributed by atoms with Gasteiger partial charge in [0.05, 0.1) is 12.6 Å². The Kier molecular flexibility index (Phi) is 6.49. The van der Waals surface area contributed by atoms with Gasteiger partial charge in [-0.1, -0.05) is 0 Å². The van der Waals surface area contributed by atoms with E-state index in [4.69, 9.17) is 5.84 Å². The Morgan fingerprint density at radius 2 is 2.10 bits per heavy atom. The molecule has 21 heavy (non-hydrogen) atoms. The highest BCUT2D eigenvalue weighted by Crippen LogP contribution is 2.22. The average Bonchev–Trinajstić information content (AvgIpc) is 2.85. The van der Waals surface area contributed by atoms with E-state index in [-0.39, 0.29) is 19.1 Å². The number of nitrogens with two attached hydrogens (primary N) is 1. The first-order valence-corrected chi connectivity index (χ1v) is 6.36. The van der Waals surface area contributed by atoms with Crippen LogP contribution in [0.3, 0.4) is 0 Å². The van der Waals surface area contributed by atoms with Gasteiger partial charge in [0.1, 0.15) is 18.8 Å². The molecule has 0 spiro atoms. The van der Waals surface area contributed by atoms with Crippen LogP contribution in [-0.4, -0.2) is 46.4 Å². The summed E-state index contributed by atoms with van der Waals surface area (Å²) in [5.74, 6) is 1.73. The Balaban J connectivity index is 2.51. The fraction of sp³-hybridized carbons (Fsp3) is 0.818. The average molecular weight is 313 g/mol. The number of hydrogen-bond acceptors (Lipinski definition) is 5. The molecule has 0 fully saturated rings. The van der Waals surface area contributed by atoms with Crippen LogP contribution >= 0.6 is 0 Å². The molecule has 1 rings (SSSR count). The first-order chi connectivity index (χ1) is 9.77. The van der Waals surface area contributed by atoms with Gasteiger partial charge in [-0.25, -0.2) is 18.4 Å². The highest BCUT2D eigenvalue weighted by atomic mass is 19.3. The molecule has 10 heteroatoms. The van der Waals surface area contributed by atoms with Crippen molar-refractivity contribution >= 4 is 0 Å². The van der Waals surface area contributed by atoms with Gasteiger partial charge in [-0.05, 0) is 13.8 Å². The van der Waals surface area contributed by atoms with E-state index in [1.165, 1.54) is 6.33 Å². The second kappa shape index (κ2) is 7.66. The molecule has 0 saturated heterocycles. The lowest BCUT2D eigenvalue weighted by molar-refractivity contribution is -0.167. The minimum absolute atomic E-state index is 0.0741. The second-order valence-electron chi connectivity index (χ2n) is 4.86. The minimum atomic E-state index is -4.17. The first-order valence-electron chi connectivity index (χ1n) is 6.36. The van der Waals surface area contributed by atoms with Crippen LogP contribution in [0.5, 0.6) is 0 Å². The van der Waals surface area contributed by atoms with Crippen LogP contribution < -0.4 is 11.3 Å². The summed E-state index contributed by atoms with van der Waals surface area (Å²) in [5.41, 5.74) is 2.38. The summed E-state index contributed by atoms with van der Waals surface area (Å²) in [6.45, 7) is 2.20. The van der Waals surface area contributed by atoms with Gasteiger partial charge in [-0.15, -0.1) is 0 Å². The molecule has 1 unspecified atom stereocenters. The number of hydrogen-bond donors (Lipinski definition) is 2. The fourth-order valence-electron chi connectivity index (χ4n) is 1.64. The van der Waals surface area contributed by atoms with Gasteiger partial charge < -0.3 is 4.74 Å². The smallest absolute Gasteiger partial charge is 0.330 e. The second-order valence-corrected chi connectivity index (χ2v) is 4.86. The molecule has 1 aromatic heterocycles. The van der Waals surface area contributed by atoms with Gasteiger partial charge in [-0.3, -0.25) is 11.3 Å². The molecule has 0 aliphatic rings. The van der Waals surface area contributed by atoms with E-state index < -0.39 is 25.0 Å². The quantitative estimate of drug-likeness (QED) is 0.406. The van der Waals surface area contributed by atoms with Gasteiger partial charge in [-0.2, -0.15) is 13.9 Å². The summed E-state index contributed by atoms with van der Waals surface area (Å²) in [6, 6.07) is -0.467. The van der Waals surface area contributed by atoms with Crippen molar-refractivity contribution in [1.29, 1.82) is 0 Å². The van der Waals surface area contributed by atoms with Crippen LogP contribution in [0, 0.1) is 0 Å². The highest BCUT2D eigenvalue weighted by molar-refractivity contribution is 4.91. The molecular formula is C11H19F4N5O. The molecule has 0 aliphatic carbocycles. The number of aromatic nitrogens is 3. The summed E-state index contributed by atoms with van der Waals surface area (Å²) < 4.78 is 55.6. The summed E-state index contributed by atoms with van der Waals surface area (Å²) in [7, 11) is 0. The normalized spacial score (nSPS) is 14.1. The van der Waals surface area contributed by atoms with E-state index in [1.807, 2.05) is 13.8 Å². The van der Waals surface area contributed by atoms with Gasteiger partial charge in [0.15, 0.2) is 0 Å². The van der Waals surface area contributed by atoms with E-state index in [1.54, 1.807) is 4.68 Å². The lowest BCUT2D eigenvalue weighted by Crippen LogP contribution is -2.42. The maximum absolute atomic E-state index is 12.7. The monoisotopic (exact) mass is 313 g/mol. The molecule has 1 atom stereocenters. The number of ether oxygens (including phenoxy) is 1. The van der Waals surface area contributed by atoms with E-state index in [0.717, 1.165) is 0 Å². The Morgan fingerprint density at radius 3 is 2.62 bits per heavy atom. The topological polar surface area (TPSA) is 78.0 Å². The van der Waals surface area contributed by atoms with Crippen LogP contribution in [0.15, 0.2) is 6.33 Å². The van der Waals surface area contributed by atoms with Gasteiger partial charge in [0, 0.05) is 12.5 Å². The van der Waals surface area contributed by atoms with Crippen molar-refractivity contribution < 1.29 is 22.3 Å². The predicted octanol–water partition coefficient (Wildman–Crippen LogP) is 1.15. The van der Waals surface area contributed by atoms with Crippen LogP contribution in [0.2, 0.25) is 0 Å². The maximum Gasteiger partial charge on any atom is 0.330 e. The lowest BCUT2D eigenvalue weighted by atomic mass is 10.2. The first kappa shape index (κ1) is 17.8. The lowest BCUT2D eigenvalue weighted by Gasteiger charge is -2.19. The number of alkyl halides is 4. The third-order valence-electron chi connectivity index (χ3n) is 2.73. The van der Waals surface area contributed by atoms with Gasteiger partial charge >= 0.3 is 12.3 Å². The molecule has 0 aromatic carbocycles. The van der Waals surface area contributed by atoms with Gasteiger partial charge in [0.2, 0.25) is 0 Å². The van der Waals surface area contributed by atoms with Crippen molar-refractivity contribution in [3.8, 4) is 0 Å². The molecule has 0 amide bonds. The SMILES string of the molecule is CC(C)n1ncnc1CC(COCC(F)(F)C(F)F)NN. The van der Waals surface area contributed by atoms with Crippen LogP contribution in [-0.2, 0) is 11.2 Å². The zero-order chi connectivity index (χ0) is 16.0.